The molecule has 0 unspecified atom stereocenters. The van der Waals surface area contributed by atoms with Crippen LogP contribution in [0.4, 0.5) is 0 Å². The monoisotopic (exact) mass is 180 g/mol. The van der Waals surface area contributed by atoms with Crippen molar-refractivity contribution in [1.82, 2.24) is 10.2 Å². The fourth-order valence-electron chi connectivity index (χ4n) is 0.880. The van der Waals surface area contributed by atoms with Crippen molar-refractivity contribution in [2.75, 3.05) is 0 Å². The summed E-state index contributed by atoms with van der Waals surface area (Å²) in [4.78, 5) is 0. The number of furan rings is 1. The molecule has 0 N–H and O–H groups in total. The fourth-order valence-corrected chi connectivity index (χ4v) is 0.981. The van der Waals surface area contributed by atoms with E-state index in [0.717, 1.165) is 11.3 Å². The van der Waals surface area contributed by atoms with Crippen molar-refractivity contribution < 1.29 is 4.42 Å². The molecule has 0 spiro atoms. The molecule has 2 rings (SSSR count). The van der Waals surface area contributed by atoms with Gasteiger partial charge in [-0.15, -0.1) is 10.2 Å². The van der Waals surface area contributed by atoms with Crippen molar-refractivity contribution in [3.8, 4) is 11.3 Å². The van der Waals surface area contributed by atoms with Crippen LogP contribution in [-0.2, 0) is 0 Å². The van der Waals surface area contributed by atoms with Crippen LogP contribution < -0.4 is 0 Å². The Hall–Kier alpha value is -1.35. The minimum atomic E-state index is 0.391. The maximum atomic E-state index is 5.58. The number of hydrogen-bond acceptors (Lipinski definition) is 3. The van der Waals surface area contributed by atoms with Gasteiger partial charge in [-0.05, 0) is 18.2 Å². The van der Waals surface area contributed by atoms with Gasteiger partial charge in [-0.2, -0.15) is 0 Å². The normalized spacial score (nSPS) is 10.1. The van der Waals surface area contributed by atoms with Crippen LogP contribution in [0.25, 0.3) is 11.3 Å². The lowest BCUT2D eigenvalue weighted by Crippen LogP contribution is -1.84. The molecule has 0 aliphatic carbocycles. The molecular weight excluding hydrogens is 176 g/mol. The Balaban J connectivity index is 2.43. The van der Waals surface area contributed by atoms with E-state index in [2.05, 4.69) is 10.2 Å². The van der Waals surface area contributed by atoms with Crippen LogP contribution in [0.2, 0.25) is 5.15 Å². The summed E-state index contributed by atoms with van der Waals surface area (Å²) in [5.74, 6) is 0. The summed E-state index contributed by atoms with van der Waals surface area (Å²) in [6, 6.07) is 5.30. The first-order chi connectivity index (χ1) is 5.86. The van der Waals surface area contributed by atoms with E-state index in [4.69, 9.17) is 16.0 Å². The van der Waals surface area contributed by atoms with E-state index < -0.39 is 0 Å². The van der Waals surface area contributed by atoms with Crippen molar-refractivity contribution >= 4 is 11.6 Å². The molecule has 2 heterocycles. The molecule has 0 amide bonds. The summed E-state index contributed by atoms with van der Waals surface area (Å²) >= 11 is 5.58. The zero-order chi connectivity index (χ0) is 8.39. The summed E-state index contributed by atoms with van der Waals surface area (Å²) in [5, 5.41) is 7.98. The fraction of sp³-hybridized carbons (Fsp3) is 0. The van der Waals surface area contributed by atoms with Gasteiger partial charge in [0.1, 0.15) is 0 Å². The molecular formula is C8H5ClN2O. The Bertz CT molecular complexity index is 355. The Morgan fingerprint density at radius 2 is 2.08 bits per heavy atom. The Morgan fingerprint density at radius 3 is 2.67 bits per heavy atom. The third kappa shape index (κ3) is 1.31. The highest BCUT2D eigenvalue weighted by atomic mass is 35.5. The van der Waals surface area contributed by atoms with Gasteiger partial charge < -0.3 is 4.42 Å². The molecule has 0 atom stereocenters. The Kier molecular flexibility index (Phi) is 1.80. The van der Waals surface area contributed by atoms with E-state index in [9.17, 15) is 0 Å². The van der Waals surface area contributed by atoms with Crippen molar-refractivity contribution in [1.29, 1.82) is 0 Å². The number of nitrogens with zero attached hydrogens (tertiary/aromatic N) is 2. The van der Waals surface area contributed by atoms with E-state index in [0.29, 0.717) is 5.15 Å². The maximum absolute atomic E-state index is 5.58. The zero-order valence-electron chi connectivity index (χ0n) is 6.07. The molecule has 0 bridgehead atoms. The third-order valence-corrected chi connectivity index (χ3v) is 1.65. The lowest BCUT2D eigenvalue weighted by atomic mass is 10.2. The molecule has 0 saturated heterocycles. The van der Waals surface area contributed by atoms with Gasteiger partial charge in [0.05, 0.1) is 18.2 Å². The highest BCUT2D eigenvalue weighted by Crippen LogP contribution is 2.16. The van der Waals surface area contributed by atoms with Gasteiger partial charge in [0.15, 0.2) is 5.15 Å². The van der Waals surface area contributed by atoms with E-state index in [-0.39, 0.29) is 0 Å². The van der Waals surface area contributed by atoms with E-state index in [1.165, 1.54) is 0 Å². The van der Waals surface area contributed by atoms with Gasteiger partial charge in [0.2, 0.25) is 0 Å². The second-order valence-electron chi connectivity index (χ2n) is 2.25. The second kappa shape index (κ2) is 2.95. The van der Waals surface area contributed by atoms with Gasteiger partial charge in [-0.1, -0.05) is 11.6 Å². The Morgan fingerprint density at radius 1 is 1.17 bits per heavy atom. The van der Waals surface area contributed by atoms with Gasteiger partial charge in [-0.3, -0.25) is 0 Å². The number of aromatic nitrogens is 2. The lowest BCUT2D eigenvalue weighted by Gasteiger charge is -1.92. The Labute approximate surface area is 74.0 Å². The SMILES string of the molecule is Clc1ccc(-c2ccoc2)nn1. The molecule has 2 aromatic heterocycles. The second-order valence-corrected chi connectivity index (χ2v) is 2.64. The van der Waals surface area contributed by atoms with Crippen LogP contribution in [0.3, 0.4) is 0 Å². The highest BCUT2D eigenvalue weighted by Gasteiger charge is 1.99. The first-order valence-corrected chi connectivity index (χ1v) is 3.76. The molecule has 12 heavy (non-hydrogen) atoms. The predicted molar refractivity (Wildman–Crippen MR) is 44.7 cm³/mol. The average molecular weight is 181 g/mol. The van der Waals surface area contributed by atoms with E-state index in [1.807, 2.05) is 6.07 Å². The van der Waals surface area contributed by atoms with Crippen molar-refractivity contribution in [2.45, 2.75) is 0 Å². The molecule has 0 aromatic carbocycles. The summed E-state index contributed by atoms with van der Waals surface area (Å²) in [7, 11) is 0. The summed E-state index contributed by atoms with van der Waals surface area (Å²) in [6.07, 6.45) is 3.20. The molecule has 60 valence electrons. The molecule has 3 nitrogen and oxygen atoms in total. The van der Waals surface area contributed by atoms with Crippen LogP contribution in [0.5, 0.6) is 0 Å². The molecule has 2 aromatic rings. The van der Waals surface area contributed by atoms with E-state index in [1.54, 1.807) is 24.7 Å². The topological polar surface area (TPSA) is 38.9 Å². The highest BCUT2D eigenvalue weighted by molar-refractivity contribution is 6.29. The standard InChI is InChI=1S/C8H5ClN2O/c9-8-2-1-7(10-11-8)6-3-4-12-5-6/h1-5H. The molecule has 0 saturated carbocycles. The first kappa shape index (κ1) is 7.31. The quantitative estimate of drug-likeness (QED) is 0.677. The molecule has 4 heteroatoms. The predicted octanol–water partition coefficient (Wildman–Crippen LogP) is 2.39. The maximum Gasteiger partial charge on any atom is 0.151 e. The number of halogens is 1. The number of rotatable bonds is 1. The minimum Gasteiger partial charge on any atom is -0.472 e. The first-order valence-electron chi connectivity index (χ1n) is 3.38. The summed E-state index contributed by atoms with van der Waals surface area (Å²) < 4.78 is 4.90. The van der Waals surface area contributed by atoms with Crippen LogP contribution >= 0.6 is 11.6 Å². The van der Waals surface area contributed by atoms with Gasteiger partial charge in [0, 0.05) is 5.56 Å². The van der Waals surface area contributed by atoms with Crippen LogP contribution in [-0.4, -0.2) is 10.2 Å². The van der Waals surface area contributed by atoms with Crippen molar-refractivity contribution in [3.05, 3.63) is 35.9 Å². The summed E-state index contributed by atoms with van der Waals surface area (Å²) in [6.45, 7) is 0. The lowest BCUT2D eigenvalue weighted by molar-refractivity contribution is 0.568. The van der Waals surface area contributed by atoms with Crippen LogP contribution in [0, 0.1) is 0 Å². The molecule has 0 aliphatic rings. The van der Waals surface area contributed by atoms with Gasteiger partial charge >= 0.3 is 0 Å². The molecule has 0 aliphatic heterocycles. The molecule has 0 radical (unpaired) electrons. The van der Waals surface area contributed by atoms with Crippen LogP contribution in [0.15, 0.2) is 35.1 Å². The van der Waals surface area contributed by atoms with Gasteiger partial charge in [0.25, 0.3) is 0 Å². The third-order valence-electron chi connectivity index (χ3n) is 1.45. The van der Waals surface area contributed by atoms with Crippen molar-refractivity contribution in [2.24, 2.45) is 0 Å². The summed E-state index contributed by atoms with van der Waals surface area (Å²) in [5.41, 5.74) is 1.66. The minimum absolute atomic E-state index is 0.391. The van der Waals surface area contributed by atoms with E-state index >= 15 is 0 Å². The zero-order valence-corrected chi connectivity index (χ0v) is 6.82. The van der Waals surface area contributed by atoms with Gasteiger partial charge in [-0.25, -0.2) is 0 Å². The average Bonchev–Trinajstić information content (AvgIpc) is 2.58. The molecule has 0 fully saturated rings. The largest absolute Gasteiger partial charge is 0.472 e. The smallest absolute Gasteiger partial charge is 0.151 e. The van der Waals surface area contributed by atoms with Crippen LogP contribution in [0.1, 0.15) is 0 Å². The number of hydrogen-bond donors (Lipinski definition) is 0. The van der Waals surface area contributed by atoms with Crippen molar-refractivity contribution in [3.63, 3.8) is 0 Å².